The number of aromatic nitrogens is 1. The maximum Gasteiger partial charge on any atom is 0.228 e. The molecule has 0 unspecified atom stereocenters. The molecule has 0 radical (unpaired) electrons. The van der Waals surface area contributed by atoms with E-state index in [1.807, 2.05) is 6.92 Å². The van der Waals surface area contributed by atoms with Gasteiger partial charge in [-0.25, -0.2) is 0 Å². The number of thiocarbonyl (C=S) groups is 1. The number of anilines is 1. The van der Waals surface area contributed by atoms with Gasteiger partial charge in [0.05, 0.1) is 37.8 Å². The molecule has 33 heavy (non-hydrogen) atoms. The lowest BCUT2D eigenvalue weighted by atomic mass is 10.2. The molecular weight excluding hydrogens is 466 g/mol. The van der Waals surface area contributed by atoms with Crippen molar-refractivity contribution in [1.29, 1.82) is 0 Å². The predicted molar refractivity (Wildman–Crippen MR) is 132 cm³/mol. The summed E-state index contributed by atoms with van der Waals surface area (Å²) in [6.07, 6.45) is 1.86. The van der Waals surface area contributed by atoms with Crippen LogP contribution in [0.1, 0.15) is 13.3 Å². The first-order chi connectivity index (χ1) is 15.9. The Morgan fingerprint density at radius 2 is 1.82 bits per heavy atom. The number of rotatable bonds is 9. The first kappa shape index (κ1) is 24.5. The van der Waals surface area contributed by atoms with Crippen LogP contribution in [0.4, 0.5) is 5.69 Å². The molecule has 8 nitrogen and oxygen atoms in total. The SMILES string of the molecule is CCOCCC(=O)NC(=S)Nc1ccc(Oc2ccnc3cc(OC)c(OC)cc23)c(Cl)c1. The number of carbonyl (C=O) groups excluding carboxylic acids is 1. The molecule has 174 valence electrons. The van der Waals surface area contributed by atoms with Crippen molar-refractivity contribution < 1.29 is 23.7 Å². The predicted octanol–water partition coefficient (Wildman–Crippen LogP) is 4.94. The lowest BCUT2D eigenvalue weighted by molar-refractivity contribution is -0.120. The monoisotopic (exact) mass is 489 g/mol. The fourth-order valence-corrected chi connectivity index (χ4v) is 3.43. The second kappa shape index (κ2) is 11.6. The van der Waals surface area contributed by atoms with Gasteiger partial charge >= 0.3 is 0 Å². The highest BCUT2D eigenvalue weighted by atomic mass is 35.5. The molecule has 3 aromatic rings. The maximum atomic E-state index is 11.8. The highest BCUT2D eigenvalue weighted by Crippen LogP contribution is 2.38. The van der Waals surface area contributed by atoms with Crippen LogP contribution in [0.3, 0.4) is 0 Å². The number of benzene rings is 2. The molecule has 2 aromatic carbocycles. The Kier molecular flexibility index (Phi) is 8.65. The van der Waals surface area contributed by atoms with Crippen molar-refractivity contribution in [3.8, 4) is 23.0 Å². The van der Waals surface area contributed by atoms with Gasteiger partial charge < -0.3 is 29.6 Å². The number of halogens is 1. The van der Waals surface area contributed by atoms with Crippen LogP contribution in [0, 0.1) is 0 Å². The number of nitrogens with zero attached hydrogens (tertiary/aromatic N) is 1. The number of nitrogens with one attached hydrogen (secondary N) is 2. The highest BCUT2D eigenvalue weighted by molar-refractivity contribution is 7.80. The third-order valence-electron chi connectivity index (χ3n) is 4.55. The molecule has 0 fully saturated rings. The summed E-state index contributed by atoms with van der Waals surface area (Å²) in [4.78, 5) is 16.2. The molecule has 2 N–H and O–H groups in total. The summed E-state index contributed by atoms with van der Waals surface area (Å²) in [6, 6.07) is 10.4. The summed E-state index contributed by atoms with van der Waals surface area (Å²) < 4.78 is 21.9. The van der Waals surface area contributed by atoms with Crippen molar-refractivity contribution in [3.05, 3.63) is 47.6 Å². The van der Waals surface area contributed by atoms with Gasteiger partial charge in [-0.2, -0.15) is 0 Å². The zero-order valence-corrected chi connectivity index (χ0v) is 20.0. The standard InChI is InChI=1S/C23H24ClN3O5S/c1-4-31-10-8-22(28)27-23(33)26-14-5-6-19(16(24)11-14)32-18-7-9-25-17-13-21(30-3)20(29-2)12-15(17)18/h5-7,9,11-13H,4,8,10H2,1-3H3,(H2,26,27,28,33). The number of fused-ring (bicyclic) bond motifs is 1. The summed E-state index contributed by atoms with van der Waals surface area (Å²) in [5, 5.41) is 6.80. The van der Waals surface area contributed by atoms with Crippen LogP contribution in [0.25, 0.3) is 10.9 Å². The number of carbonyl (C=O) groups is 1. The Hall–Kier alpha value is -3.14. The van der Waals surface area contributed by atoms with Gasteiger partial charge in [-0.3, -0.25) is 9.78 Å². The number of pyridine rings is 1. The van der Waals surface area contributed by atoms with Gasteiger partial charge in [0.25, 0.3) is 0 Å². The number of hydrogen-bond acceptors (Lipinski definition) is 7. The smallest absolute Gasteiger partial charge is 0.228 e. The van der Waals surface area contributed by atoms with E-state index in [1.54, 1.807) is 56.8 Å². The molecule has 1 amide bonds. The fourth-order valence-electron chi connectivity index (χ4n) is 2.98. The largest absolute Gasteiger partial charge is 0.493 e. The Morgan fingerprint density at radius 3 is 2.52 bits per heavy atom. The van der Waals surface area contributed by atoms with Crippen molar-refractivity contribution in [2.24, 2.45) is 0 Å². The molecule has 0 saturated carbocycles. The first-order valence-electron chi connectivity index (χ1n) is 10.1. The van der Waals surface area contributed by atoms with E-state index in [2.05, 4.69) is 15.6 Å². The minimum atomic E-state index is -0.233. The van der Waals surface area contributed by atoms with Crippen LogP contribution in [0.15, 0.2) is 42.6 Å². The molecule has 0 aliphatic carbocycles. The van der Waals surface area contributed by atoms with Crippen molar-refractivity contribution in [2.45, 2.75) is 13.3 Å². The topological polar surface area (TPSA) is 90.9 Å². The third-order valence-corrected chi connectivity index (χ3v) is 5.05. The lowest BCUT2D eigenvalue weighted by Crippen LogP contribution is -2.34. The Morgan fingerprint density at radius 1 is 1.06 bits per heavy atom. The van der Waals surface area contributed by atoms with Crippen LogP contribution >= 0.6 is 23.8 Å². The zero-order chi connectivity index (χ0) is 23.8. The summed E-state index contributed by atoms with van der Waals surface area (Å²) >= 11 is 11.6. The van der Waals surface area contributed by atoms with Gasteiger partial charge in [0.1, 0.15) is 11.5 Å². The molecule has 0 spiro atoms. The average Bonchev–Trinajstić information content (AvgIpc) is 2.80. The number of hydrogen-bond donors (Lipinski definition) is 2. The Bertz CT molecular complexity index is 1160. The molecule has 0 bridgehead atoms. The van der Waals surface area contributed by atoms with E-state index in [4.69, 9.17) is 42.8 Å². The van der Waals surface area contributed by atoms with E-state index in [0.717, 1.165) is 5.39 Å². The van der Waals surface area contributed by atoms with Gasteiger partial charge in [-0.15, -0.1) is 0 Å². The summed E-state index contributed by atoms with van der Waals surface area (Å²) in [7, 11) is 3.13. The summed E-state index contributed by atoms with van der Waals surface area (Å²) in [6.45, 7) is 2.76. The fraction of sp³-hybridized carbons (Fsp3) is 0.261. The number of ether oxygens (including phenoxy) is 4. The van der Waals surface area contributed by atoms with E-state index in [1.165, 1.54) is 0 Å². The molecule has 1 heterocycles. The van der Waals surface area contributed by atoms with Crippen molar-refractivity contribution >= 4 is 51.4 Å². The Labute approximate surface area is 202 Å². The van der Waals surface area contributed by atoms with E-state index in [-0.39, 0.29) is 17.4 Å². The van der Waals surface area contributed by atoms with E-state index in [9.17, 15) is 4.79 Å². The average molecular weight is 490 g/mol. The highest BCUT2D eigenvalue weighted by Gasteiger charge is 2.13. The number of methoxy groups -OCH3 is 2. The maximum absolute atomic E-state index is 11.8. The Balaban J connectivity index is 1.72. The summed E-state index contributed by atoms with van der Waals surface area (Å²) in [5.41, 5.74) is 1.29. The second-order valence-corrected chi connectivity index (χ2v) is 7.55. The second-order valence-electron chi connectivity index (χ2n) is 6.73. The van der Waals surface area contributed by atoms with Gasteiger partial charge in [-0.05, 0) is 49.5 Å². The molecule has 3 rings (SSSR count). The molecule has 0 saturated heterocycles. The minimum Gasteiger partial charge on any atom is -0.493 e. The van der Waals surface area contributed by atoms with E-state index < -0.39 is 0 Å². The normalized spacial score (nSPS) is 10.5. The minimum absolute atomic E-state index is 0.169. The van der Waals surface area contributed by atoms with Gasteiger partial charge in [0.15, 0.2) is 16.6 Å². The summed E-state index contributed by atoms with van der Waals surface area (Å²) in [5.74, 6) is 1.90. The zero-order valence-electron chi connectivity index (χ0n) is 18.4. The van der Waals surface area contributed by atoms with E-state index in [0.29, 0.717) is 52.4 Å². The van der Waals surface area contributed by atoms with E-state index >= 15 is 0 Å². The van der Waals surface area contributed by atoms with Gasteiger partial charge in [-0.1, -0.05) is 11.6 Å². The number of amides is 1. The van der Waals surface area contributed by atoms with Gasteiger partial charge in [0, 0.05) is 29.9 Å². The van der Waals surface area contributed by atoms with Crippen molar-refractivity contribution in [3.63, 3.8) is 0 Å². The molecular formula is C23H24ClN3O5S. The quantitative estimate of drug-likeness (QED) is 0.323. The first-order valence-corrected chi connectivity index (χ1v) is 10.9. The molecule has 0 atom stereocenters. The van der Waals surface area contributed by atoms with Crippen molar-refractivity contribution in [1.82, 2.24) is 10.3 Å². The lowest BCUT2D eigenvalue weighted by Gasteiger charge is -2.14. The molecule has 0 aliphatic rings. The molecule has 0 aliphatic heterocycles. The third kappa shape index (κ3) is 6.44. The van der Waals surface area contributed by atoms with Crippen LogP contribution in [-0.4, -0.2) is 43.4 Å². The van der Waals surface area contributed by atoms with Crippen LogP contribution in [-0.2, 0) is 9.53 Å². The molecule has 10 heteroatoms. The van der Waals surface area contributed by atoms with Crippen LogP contribution in [0.2, 0.25) is 5.02 Å². The van der Waals surface area contributed by atoms with Gasteiger partial charge in [0.2, 0.25) is 5.91 Å². The van der Waals surface area contributed by atoms with Crippen molar-refractivity contribution in [2.75, 3.05) is 32.8 Å². The van der Waals surface area contributed by atoms with Crippen LogP contribution < -0.4 is 24.8 Å². The molecule has 1 aromatic heterocycles. The van der Waals surface area contributed by atoms with Crippen LogP contribution in [0.5, 0.6) is 23.0 Å².